The zero-order valence-electron chi connectivity index (χ0n) is 9.21. The van der Waals surface area contributed by atoms with E-state index in [0.29, 0.717) is 4.47 Å². The number of aromatic nitrogens is 2. The average molecular weight is 329 g/mol. The highest BCUT2D eigenvalue weighted by molar-refractivity contribution is 9.10. The zero-order valence-corrected chi connectivity index (χ0v) is 10.8. The Morgan fingerprint density at radius 1 is 1.47 bits per heavy atom. The molecule has 0 radical (unpaired) electrons. The summed E-state index contributed by atoms with van der Waals surface area (Å²) in [7, 11) is 0. The van der Waals surface area contributed by atoms with E-state index in [9.17, 15) is 14.5 Å². The van der Waals surface area contributed by atoms with E-state index in [2.05, 4.69) is 25.9 Å². The van der Waals surface area contributed by atoms with Crippen LogP contribution in [0.3, 0.4) is 0 Å². The molecule has 2 N–H and O–H groups in total. The minimum Gasteiger partial charge on any atom is -0.438 e. The number of hydrogen-bond donors (Lipinski definition) is 1. The Bertz CT molecular complexity index is 653. The van der Waals surface area contributed by atoms with Gasteiger partial charge in [-0.05, 0) is 22.0 Å². The van der Waals surface area contributed by atoms with Gasteiger partial charge in [-0.1, -0.05) is 0 Å². The Morgan fingerprint density at radius 3 is 2.84 bits per heavy atom. The summed E-state index contributed by atoms with van der Waals surface area (Å²) < 4.78 is 19.1. The van der Waals surface area contributed by atoms with E-state index in [-0.39, 0.29) is 17.6 Å². The lowest BCUT2D eigenvalue weighted by atomic mass is 10.3. The largest absolute Gasteiger partial charge is 0.438 e. The first-order valence-corrected chi connectivity index (χ1v) is 5.66. The molecule has 0 fully saturated rings. The molecule has 19 heavy (non-hydrogen) atoms. The minimum atomic E-state index is -0.999. The van der Waals surface area contributed by atoms with Gasteiger partial charge in [0.2, 0.25) is 17.6 Å². The average Bonchev–Trinajstić information content (AvgIpc) is 2.33. The predicted molar refractivity (Wildman–Crippen MR) is 67.3 cm³/mol. The molecule has 0 saturated carbocycles. The minimum absolute atomic E-state index is 0.0133. The fourth-order valence-corrected chi connectivity index (χ4v) is 1.52. The van der Waals surface area contributed by atoms with Gasteiger partial charge >= 0.3 is 5.69 Å². The van der Waals surface area contributed by atoms with E-state index in [1.807, 2.05) is 0 Å². The summed E-state index contributed by atoms with van der Waals surface area (Å²) in [5, 5.41) is 10.5. The van der Waals surface area contributed by atoms with Gasteiger partial charge in [0, 0.05) is 12.1 Å². The smallest absolute Gasteiger partial charge is 0.305 e. The SMILES string of the molecule is Nc1ncc(Br)c(Oc2ccc([N+](=O)[O-])c(F)c2)n1. The number of ether oxygens (including phenoxy) is 1. The molecule has 0 spiro atoms. The molecular formula is C10H6BrFN4O3. The highest BCUT2D eigenvalue weighted by atomic mass is 79.9. The van der Waals surface area contributed by atoms with Gasteiger partial charge in [0.05, 0.1) is 15.6 Å². The highest BCUT2D eigenvalue weighted by Gasteiger charge is 2.15. The summed E-state index contributed by atoms with van der Waals surface area (Å²) in [5.74, 6) is -0.871. The number of nitrogen functional groups attached to an aromatic ring is 1. The molecule has 0 aliphatic rings. The Kier molecular flexibility index (Phi) is 3.56. The monoisotopic (exact) mass is 328 g/mol. The molecule has 0 unspecified atom stereocenters. The molecule has 98 valence electrons. The van der Waals surface area contributed by atoms with Crippen molar-refractivity contribution < 1.29 is 14.1 Å². The van der Waals surface area contributed by atoms with Crippen LogP contribution in [0.25, 0.3) is 0 Å². The number of nitro groups is 1. The highest BCUT2D eigenvalue weighted by Crippen LogP contribution is 2.29. The summed E-state index contributed by atoms with van der Waals surface area (Å²) >= 11 is 3.14. The molecule has 0 bridgehead atoms. The summed E-state index contributed by atoms with van der Waals surface area (Å²) in [5.41, 5.74) is 4.76. The molecule has 2 aromatic rings. The summed E-state index contributed by atoms with van der Waals surface area (Å²) in [6.45, 7) is 0. The third-order valence-electron chi connectivity index (χ3n) is 2.06. The lowest BCUT2D eigenvalue weighted by Crippen LogP contribution is -1.98. The number of anilines is 1. The Labute approximate surface area is 114 Å². The van der Waals surface area contributed by atoms with Crippen molar-refractivity contribution in [2.45, 2.75) is 0 Å². The second-order valence-electron chi connectivity index (χ2n) is 3.35. The van der Waals surface area contributed by atoms with Crippen LogP contribution in [0.4, 0.5) is 16.0 Å². The number of halogens is 2. The van der Waals surface area contributed by atoms with Crippen LogP contribution in [-0.2, 0) is 0 Å². The van der Waals surface area contributed by atoms with Crippen molar-refractivity contribution in [3.63, 3.8) is 0 Å². The number of rotatable bonds is 3. The number of hydrogen-bond acceptors (Lipinski definition) is 6. The molecule has 1 heterocycles. The Morgan fingerprint density at radius 2 is 2.21 bits per heavy atom. The van der Waals surface area contributed by atoms with Crippen molar-refractivity contribution in [1.29, 1.82) is 0 Å². The molecule has 0 saturated heterocycles. The first-order valence-electron chi connectivity index (χ1n) is 4.87. The number of nitro benzene ring substituents is 1. The quantitative estimate of drug-likeness (QED) is 0.686. The van der Waals surface area contributed by atoms with Crippen molar-refractivity contribution >= 4 is 27.6 Å². The van der Waals surface area contributed by atoms with Gasteiger partial charge in [-0.25, -0.2) is 4.98 Å². The summed E-state index contributed by atoms with van der Waals surface area (Å²) in [6.07, 6.45) is 1.37. The van der Waals surface area contributed by atoms with E-state index in [0.717, 1.165) is 12.1 Å². The third kappa shape index (κ3) is 2.94. The fraction of sp³-hybridized carbons (Fsp3) is 0. The van der Waals surface area contributed by atoms with Crippen molar-refractivity contribution in [1.82, 2.24) is 9.97 Å². The normalized spacial score (nSPS) is 10.2. The molecule has 1 aromatic carbocycles. The van der Waals surface area contributed by atoms with Gasteiger partial charge < -0.3 is 10.5 Å². The van der Waals surface area contributed by atoms with E-state index in [1.54, 1.807) is 0 Å². The van der Waals surface area contributed by atoms with Crippen molar-refractivity contribution in [2.75, 3.05) is 5.73 Å². The van der Waals surface area contributed by atoms with Crippen LogP contribution < -0.4 is 10.5 Å². The maximum atomic E-state index is 13.4. The van der Waals surface area contributed by atoms with Crippen molar-refractivity contribution in [3.05, 3.63) is 44.8 Å². The van der Waals surface area contributed by atoms with Gasteiger partial charge in [-0.15, -0.1) is 0 Å². The first-order chi connectivity index (χ1) is 8.97. The number of benzene rings is 1. The van der Waals surface area contributed by atoms with Gasteiger partial charge in [-0.3, -0.25) is 10.1 Å². The van der Waals surface area contributed by atoms with Crippen molar-refractivity contribution in [2.24, 2.45) is 0 Å². The fourth-order valence-electron chi connectivity index (χ4n) is 1.25. The molecule has 0 amide bonds. The Hall–Kier alpha value is -2.29. The third-order valence-corrected chi connectivity index (χ3v) is 2.60. The van der Waals surface area contributed by atoms with E-state index in [4.69, 9.17) is 10.5 Å². The first kappa shape index (κ1) is 13.1. The van der Waals surface area contributed by atoms with Crippen LogP contribution in [0.15, 0.2) is 28.9 Å². The molecule has 7 nitrogen and oxygen atoms in total. The number of nitrogens with zero attached hydrogens (tertiary/aromatic N) is 3. The zero-order chi connectivity index (χ0) is 14.0. The summed E-state index contributed by atoms with van der Waals surface area (Å²) in [6, 6.07) is 3.15. The van der Waals surface area contributed by atoms with Gasteiger partial charge in [0.15, 0.2) is 0 Å². The van der Waals surface area contributed by atoms with E-state index in [1.165, 1.54) is 12.3 Å². The molecular weight excluding hydrogens is 323 g/mol. The maximum Gasteiger partial charge on any atom is 0.305 e. The molecule has 0 atom stereocenters. The molecule has 9 heteroatoms. The van der Waals surface area contributed by atoms with Gasteiger partial charge in [-0.2, -0.15) is 9.37 Å². The topological polar surface area (TPSA) is 104 Å². The predicted octanol–water partition coefficient (Wildman–Crippen LogP) is 2.66. The molecule has 0 aliphatic carbocycles. The van der Waals surface area contributed by atoms with Crippen molar-refractivity contribution in [3.8, 4) is 11.6 Å². The molecule has 1 aromatic heterocycles. The van der Waals surface area contributed by atoms with Crippen LogP contribution in [0.2, 0.25) is 0 Å². The van der Waals surface area contributed by atoms with Crippen LogP contribution >= 0.6 is 15.9 Å². The van der Waals surface area contributed by atoms with Gasteiger partial charge in [0.1, 0.15) is 5.75 Å². The van der Waals surface area contributed by atoms with E-state index >= 15 is 0 Å². The van der Waals surface area contributed by atoms with Crippen LogP contribution in [0.1, 0.15) is 0 Å². The lowest BCUT2D eigenvalue weighted by molar-refractivity contribution is -0.387. The standard InChI is InChI=1S/C10H6BrFN4O3/c11-6-4-14-10(13)15-9(6)19-5-1-2-8(16(17)18)7(12)3-5/h1-4H,(H2,13,14,15). The maximum absolute atomic E-state index is 13.4. The van der Waals surface area contributed by atoms with Crippen LogP contribution in [0.5, 0.6) is 11.6 Å². The summed E-state index contributed by atoms with van der Waals surface area (Å²) in [4.78, 5) is 17.2. The lowest BCUT2D eigenvalue weighted by Gasteiger charge is -2.06. The van der Waals surface area contributed by atoms with E-state index < -0.39 is 16.4 Å². The number of nitrogens with two attached hydrogens (primary N) is 1. The van der Waals surface area contributed by atoms with Crippen LogP contribution in [0, 0.1) is 15.9 Å². The van der Waals surface area contributed by atoms with Gasteiger partial charge in [0.25, 0.3) is 0 Å². The van der Waals surface area contributed by atoms with Crippen LogP contribution in [-0.4, -0.2) is 14.9 Å². The second kappa shape index (κ2) is 5.14. The second-order valence-corrected chi connectivity index (χ2v) is 4.21. The Balaban J connectivity index is 2.31. The molecule has 2 rings (SSSR count). The molecule has 0 aliphatic heterocycles.